The molecule has 1 aliphatic rings. The number of amides is 1. The van der Waals surface area contributed by atoms with E-state index in [4.69, 9.17) is 4.74 Å². The summed E-state index contributed by atoms with van der Waals surface area (Å²) in [4.78, 5) is 22.9. The summed E-state index contributed by atoms with van der Waals surface area (Å²) in [5, 5.41) is 13.3. The van der Waals surface area contributed by atoms with Crippen LogP contribution < -0.4 is 10.1 Å². The highest BCUT2D eigenvalue weighted by Crippen LogP contribution is 2.40. The van der Waals surface area contributed by atoms with Crippen LogP contribution in [0.3, 0.4) is 0 Å². The highest BCUT2D eigenvalue weighted by atomic mass is 19.4. The van der Waals surface area contributed by atoms with E-state index in [1.165, 1.54) is 23.8 Å². The van der Waals surface area contributed by atoms with Crippen molar-refractivity contribution in [2.75, 3.05) is 5.32 Å². The van der Waals surface area contributed by atoms with E-state index >= 15 is 0 Å². The summed E-state index contributed by atoms with van der Waals surface area (Å²) in [5.74, 6) is -0.113. The molecule has 0 heterocycles. The second-order valence-electron chi connectivity index (χ2n) is 7.76. The zero-order chi connectivity index (χ0) is 23.8. The van der Waals surface area contributed by atoms with Gasteiger partial charge in [0.05, 0.1) is 16.2 Å². The van der Waals surface area contributed by atoms with Crippen LogP contribution in [0.4, 0.5) is 24.5 Å². The number of carbonyl (C=O) groups is 1. The number of nitrogens with zero attached hydrogens (tertiary/aromatic N) is 1. The Morgan fingerprint density at radius 1 is 1.00 bits per heavy atom. The molecule has 6 nitrogen and oxygen atoms in total. The number of anilines is 1. The van der Waals surface area contributed by atoms with Crippen molar-refractivity contribution in [3.8, 4) is 11.5 Å². The summed E-state index contributed by atoms with van der Waals surface area (Å²) in [6, 6.07) is 11.3. The molecule has 1 aliphatic carbocycles. The van der Waals surface area contributed by atoms with Crippen LogP contribution in [0.5, 0.6) is 11.5 Å². The Morgan fingerprint density at radius 2 is 1.67 bits per heavy atom. The molecule has 0 aliphatic heterocycles. The van der Waals surface area contributed by atoms with Gasteiger partial charge in [0.15, 0.2) is 5.75 Å². The SMILES string of the molecule is Cc1ccc(Oc2ccc(C(F)(F)F)cc2NC(=O)c2ccc([N+](=O)[O-])cc2)c2c1CCC2. The van der Waals surface area contributed by atoms with Crippen molar-refractivity contribution in [3.05, 3.63) is 92.5 Å². The number of aryl methyl sites for hydroxylation is 1. The van der Waals surface area contributed by atoms with Crippen molar-refractivity contribution in [1.82, 2.24) is 0 Å². The molecule has 9 heteroatoms. The Kier molecular flexibility index (Phi) is 5.80. The molecule has 0 saturated heterocycles. The minimum absolute atomic E-state index is 0.0557. The number of alkyl halides is 3. The number of nitrogens with one attached hydrogen (secondary N) is 1. The van der Waals surface area contributed by atoms with Crippen molar-refractivity contribution < 1.29 is 27.6 Å². The van der Waals surface area contributed by atoms with E-state index < -0.39 is 22.6 Å². The maximum Gasteiger partial charge on any atom is 0.416 e. The van der Waals surface area contributed by atoms with Crippen LogP contribution in [0.15, 0.2) is 54.6 Å². The minimum atomic E-state index is -4.61. The average Bonchev–Trinajstić information content (AvgIpc) is 3.27. The molecule has 3 aromatic rings. The standard InChI is InChI=1S/C24H19F3N2O4/c1-14-5-11-21(19-4-2-3-18(14)19)33-22-12-8-16(24(25,26)27)13-20(22)28-23(30)15-6-9-17(10-7-15)29(31)32/h5-13H,2-4H2,1H3,(H,28,30). The normalized spacial score (nSPS) is 12.8. The van der Waals surface area contributed by atoms with E-state index in [2.05, 4.69) is 5.32 Å². The molecule has 0 radical (unpaired) electrons. The van der Waals surface area contributed by atoms with Gasteiger partial charge in [0.25, 0.3) is 11.6 Å². The number of fused-ring (bicyclic) bond motifs is 1. The Labute approximate surface area is 187 Å². The zero-order valence-electron chi connectivity index (χ0n) is 17.5. The lowest BCUT2D eigenvalue weighted by Gasteiger charge is -2.17. The van der Waals surface area contributed by atoms with Gasteiger partial charge in [-0.25, -0.2) is 0 Å². The van der Waals surface area contributed by atoms with Gasteiger partial charge in [-0.2, -0.15) is 13.2 Å². The van der Waals surface area contributed by atoms with Crippen molar-refractivity contribution in [2.24, 2.45) is 0 Å². The summed E-state index contributed by atoms with van der Waals surface area (Å²) < 4.78 is 45.9. The highest BCUT2D eigenvalue weighted by molar-refractivity contribution is 6.05. The third kappa shape index (κ3) is 4.67. The molecule has 0 unspecified atom stereocenters. The first-order valence-electron chi connectivity index (χ1n) is 10.2. The Bertz CT molecular complexity index is 1240. The number of halogens is 3. The predicted molar refractivity (Wildman–Crippen MR) is 116 cm³/mol. The third-order valence-electron chi connectivity index (χ3n) is 5.59. The van der Waals surface area contributed by atoms with Crippen LogP contribution in [-0.4, -0.2) is 10.8 Å². The number of benzene rings is 3. The second-order valence-corrected chi connectivity index (χ2v) is 7.76. The average molecular weight is 456 g/mol. The van der Waals surface area contributed by atoms with Crippen LogP contribution in [0.25, 0.3) is 0 Å². The summed E-state index contributed by atoms with van der Waals surface area (Å²) in [5.41, 5.74) is 2.08. The van der Waals surface area contributed by atoms with E-state index in [9.17, 15) is 28.1 Å². The molecule has 0 bridgehead atoms. The van der Waals surface area contributed by atoms with Crippen molar-refractivity contribution in [1.29, 1.82) is 0 Å². The number of non-ortho nitro benzene ring substituents is 1. The van der Waals surface area contributed by atoms with Crippen molar-refractivity contribution >= 4 is 17.3 Å². The fraction of sp³-hybridized carbons (Fsp3) is 0.208. The number of hydrogen-bond acceptors (Lipinski definition) is 4. The lowest BCUT2D eigenvalue weighted by molar-refractivity contribution is -0.384. The lowest BCUT2D eigenvalue weighted by atomic mass is 10.0. The van der Waals surface area contributed by atoms with Crippen LogP contribution in [0.2, 0.25) is 0 Å². The molecule has 4 rings (SSSR count). The van der Waals surface area contributed by atoms with Gasteiger partial charge in [0.1, 0.15) is 5.75 Å². The molecule has 3 aromatic carbocycles. The first-order chi connectivity index (χ1) is 15.6. The molecule has 0 saturated carbocycles. The predicted octanol–water partition coefficient (Wildman–Crippen LogP) is 6.46. The highest BCUT2D eigenvalue weighted by Gasteiger charge is 2.32. The number of ether oxygens (including phenoxy) is 1. The molecule has 33 heavy (non-hydrogen) atoms. The van der Waals surface area contributed by atoms with Gasteiger partial charge in [0.2, 0.25) is 0 Å². The molecule has 170 valence electrons. The molecule has 0 fully saturated rings. The summed E-state index contributed by atoms with van der Waals surface area (Å²) in [7, 11) is 0. The summed E-state index contributed by atoms with van der Waals surface area (Å²) in [6.07, 6.45) is -1.93. The van der Waals surface area contributed by atoms with Crippen LogP contribution >= 0.6 is 0 Å². The minimum Gasteiger partial charge on any atom is -0.455 e. The third-order valence-corrected chi connectivity index (χ3v) is 5.59. The largest absolute Gasteiger partial charge is 0.455 e. The Hall–Kier alpha value is -3.88. The Balaban J connectivity index is 1.68. The van der Waals surface area contributed by atoms with E-state index in [-0.39, 0.29) is 22.7 Å². The first-order valence-corrected chi connectivity index (χ1v) is 10.2. The molecular formula is C24H19F3N2O4. The monoisotopic (exact) mass is 456 g/mol. The fourth-order valence-corrected chi connectivity index (χ4v) is 3.89. The molecule has 0 spiro atoms. The first kappa shape index (κ1) is 22.3. The maximum atomic E-state index is 13.3. The van der Waals surface area contributed by atoms with Gasteiger partial charge in [-0.05, 0) is 79.3 Å². The van der Waals surface area contributed by atoms with E-state index in [1.807, 2.05) is 13.0 Å². The van der Waals surface area contributed by atoms with Gasteiger partial charge < -0.3 is 10.1 Å². The van der Waals surface area contributed by atoms with Gasteiger partial charge in [-0.3, -0.25) is 14.9 Å². The quantitative estimate of drug-likeness (QED) is 0.353. The summed E-state index contributed by atoms with van der Waals surface area (Å²) in [6.45, 7) is 2.00. The number of nitro groups is 1. The topological polar surface area (TPSA) is 81.5 Å². The summed E-state index contributed by atoms with van der Waals surface area (Å²) >= 11 is 0. The fourth-order valence-electron chi connectivity index (χ4n) is 3.89. The number of rotatable bonds is 5. The van der Waals surface area contributed by atoms with E-state index in [0.29, 0.717) is 5.75 Å². The number of carbonyl (C=O) groups excluding carboxylic acids is 1. The van der Waals surface area contributed by atoms with E-state index in [0.717, 1.165) is 54.7 Å². The van der Waals surface area contributed by atoms with Gasteiger partial charge in [-0.15, -0.1) is 0 Å². The molecule has 0 aromatic heterocycles. The van der Waals surface area contributed by atoms with Crippen LogP contribution in [0.1, 0.15) is 39.0 Å². The Morgan fingerprint density at radius 3 is 2.33 bits per heavy atom. The van der Waals surface area contributed by atoms with Crippen molar-refractivity contribution in [2.45, 2.75) is 32.4 Å². The number of hydrogen-bond donors (Lipinski definition) is 1. The van der Waals surface area contributed by atoms with Crippen LogP contribution in [-0.2, 0) is 19.0 Å². The molecule has 0 atom stereocenters. The maximum absolute atomic E-state index is 13.3. The zero-order valence-corrected chi connectivity index (χ0v) is 17.5. The van der Waals surface area contributed by atoms with Gasteiger partial charge >= 0.3 is 6.18 Å². The molecule has 1 N–H and O–H groups in total. The lowest BCUT2D eigenvalue weighted by Crippen LogP contribution is -2.14. The number of nitro benzene ring substituents is 1. The molecule has 1 amide bonds. The van der Waals surface area contributed by atoms with Gasteiger partial charge in [0, 0.05) is 17.7 Å². The van der Waals surface area contributed by atoms with Crippen molar-refractivity contribution in [3.63, 3.8) is 0 Å². The smallest absolute Gasteiger partial charge is 0.416 e. The van der Waals surface area contributed by atoms with E-state index in [1.54, 1.807) is 6.07 Å². The molecular weight excluding hydrogens is 437 g/mol. The van der Waals surface area contributed by atoms with Gasteiger partial charge in [-0.1, -0.05) is 6.07 Å². The van der Waals surface area contributed by atoms with Crippen LogP contribution in [0, 0.1) is 17.0 Å². The second kappa shape index (κ2) is 8.57.